The molecule has 0 radical (unpaired) electrons. The molecule has 9 nitrogen and oxygen atoms in total. The number of aliphatic hydroxyl groups excluding tert-OH is 1. The van der Waals surface area contributed by atoms with Gasteiger partial charge >= 0.3 is 0 Å². The van der Waals surface area contributed by atoms with Crippen molar-refractivity contribution in [1.29, 1.82) is 5.53 Å². The van der Waals surface area contributed by atoms with Crippen molar-refractivity contribution in [3.05, 3.63) is 5.15 Å². The first-order valence-corrected chi connectivity index (χ1v) is 6.33. The van der Waals surface area contributed by atoms with Gasteiger partial charge in [-0.3, -0.25) is 0 Å². The molecule has 1 aromatic heterocycles. The smallest absolute Gasteiger partial charge is 0.223 e. The van der Waals surface area contributed by atoms with Gasteiger partial charge in [0.25, 0.3) is 0 Å². The highest BCUT2D eigenvalue weighted by molar-refractivity contribution is 6.32. The number of nitrogens with zero attached hydrogens (tertiary/aromatic N) is 3. The molecule has 0 aromatic carbocycles. The predicted molar refractivity (Wildman–Crippen MR) is 68.5 cm³/mol. The molecule has 0 aliphatic heterocycles. The molecule has 0 amide bonds. The van der Waals surface area contributed by atoms with Gasteiger partial charge in [0.05, 0.1) is 6.10 Å². The SMILES string of the molecule is N=Nc1c(Cl)nc(N)nc1NC1(O)CCC2C(O)C21O. The van der Waals surface area contributed by atoms with Gasteiger partial charge in [-0.2, -0.15) is 15.1 Å². The third kappa shape index (κ3) is 1.54. The van der Waals surface area contributed by atoms with Gasteiger partial charge in [0.2, 0.25) is 5.95 Å². The van der Waals surface area contributed by atoms with E-state index in [9.17, 15) is 15.3 Å². The molecule has 20 heavy (non-hydrogen) atoms. The number of halogens is 1. The summed E-state index contributed by atoms with van der Waals surface area (Å²) >= 11 is 5.80. The third-order valence-electron chi connectivity index (χ3n) is 4.06. The summed E-state index contributed by atoms with van der Waals surface area (Å²) in [5, 5.41) is 36.1. The second-order valence-electron chi connectivity index (χ2n) is 5.08. The fourth-order valence-electron chi connectivity index (χ4n) is 2.91. The molecule has 4 unspecified atom stereocenters. The van der Waals surface area contributed by atoms with Crippen LogP contribution < -0.4 is 11.1 Å². The Morgan fingerprint density at radius 2 is 2.15 bits per heavy atom. The van der Waals surface area contributed by atoms with Crippen LogP contribution in [0.3, 0.4) is 0 Å². The quantitative estimate of drug-likeness (QED) is 0.260. The lowest BCUT2D eigenvalue weighted by molar-refractivity contribution is -0.0851. The average Bonchev–Trinajstić information content (AvgIpc) is 2.77. The number of aromatic nitrogens is 2. The summed E-state index contributed by atoms with van der Waals surface area (Å²) in [6.07, 6.45) is -0.327. The molecular formula is C10H13ClN6O3. The van der Waals surface area contributed by atoms with Gasteiger partial charge < -0.3 is 26.4 Å². The van der Waals surface area contributed by atoms with E-state index in [1.807, 2.05) is 0 Å². The standard InChI is InChI=1S/C10H13ClN6O3/c11-6-4(17-13)7(15-8(12)14-6)16-9(19)2-1-3-5(18)10(3,9)20/h3,5,13,18-20H,1-2H2,(H3,12,14,15,16). The monoisotopic (exact) mass is 300 g/mol. The first-order valence-electron chi connectivity index (χ1n) is 5.95. The molecule has 10 heteroatoms. The number of nitrogens with two attached hydrogens (primary N) is 1. The van der Waals surface area contributed by atoms with Crippen molar-refractivity contribution < 1.29 is 15.3 Å². The first-order chi connectivity index (χ1) is 9.33. The van der Waals surface area contributed by atoms with Crippen LogP contribution in [0.5, 0.6) is 0 Å². The van der Waals surface area contributed by atoms with Crippen LogP contribution in [-0.2, 0) is 0 Å². The van der Waals surface area contributed by atoms with Gasteiger partial charge in [-0.05, 0) is 12.8 Å². The molecule has 4 atom stereocenters. The van der Waals surface area contributed by atoms with Crippen molar-refractivity contribution in [3.8, 4) is 0 Å². The average molecular weight is 301 g/mol. The van der Waals surface area contributed by atoms with E-state index in [1.165, 1.54) is 0 Å². The Morgan fingerprint density at radius 3 is 2.70 bits per heavy atom. The summed E-state index contributed by atoms with van der Waals surface area (Å²) in [5.41, 5.74) is 9.01. The molecule has 3 rings (SSSR count). The summed E-state index contributed by atoms with van der Waals surface area (Å²) in [6.45, 7) is 0. The number of fused-ring (bicyclic) bond motifs is 1. The van der Waals surface area contributed by atoms with E-state index in [-0.39, 0.29) is 34.9 Å². The Hall–Kier alpha value is -1.55. The second kappa shape index (κ2) is 3.98. The van der Waals surface area contributed by atoms with Gasteiger partial charge in [-0.1, -0.05) is 11.6 Å². The molecule has 108 valence electrons. The van der Waals surface area contributed by atoms with Crippen molar-refractivity contribution in [1.82, 2.24) is 9.97 Å². The third-order valence-corrected chi connectivity index (χ3v) is 4.33. The van der Waals surface area contributed by atoms with Crippen LogP contribution in [0, 0.1) is 11.4 Å². The lowest BCUT2D eigenvalue weighted by atomic mass is 10.0. The zero-order valence-corrected chi connectivity index (χ0v) is 11.0. The molecule has 7 N–H and O–H groups in total. The van der Waals surface area contributed by atoms with E-state index in [2.05, 4.69) is 20.4 Å². The summed E-state index contributed by atoms with van der Waals surface area (Å²) < 4.78 is 0. The van der Waals surface area contributed by atoms with E-state index in [4.69, 9.17) is 22.9 Å². The van der Waals surface area contributed by atoms with Crippen molar-refractivity contribution in [2.24, 2.45) is 11.0 Å². The van der Waals surface area contributed by atoms with E-state index in [0.717, 1.165) is 0 Å². The van der Waals surface area contributed by atoms with E-state index in [1.54, 1.807) is 0 Å². The maximum atomic E-state index is 10.5. The highest BCUT2D eigenvalue weighted by Crippen LogP contribution is 2.61. The molecule has 2 aliphatic rings. The van der Waals surface area contributed by atoms with Gasteiger partial charge in [0.1, 0.15) is 5.60 Å². The molecule has 2 fully saturated rings. The van der Waals surface area contributed by atoms with Crippen LogP contribution in [0.1, 0.15) is 12.8 Å². The van der Waals surface area contributed by atoms with Crippen LogP contribution in [0.2, 0.25) is 5.15 Å². The maximum absolute atomic E-state index is 10.5. The molecule has 0 saturated heterocycles. The largest absolute Gasteiger partial charge is 0.390 e. The van der Waals surface area contributed by atoms with Crippen LogP contribution in [0.15, 0.2) is 5.11 Å². The van der Waals surface area contributed by atoms with Crippen LogP contribution >= 0.6 is 11.6 Å². The van der Waals surface area contributed by atoms with Crippen LogP contribution in [-0.4, -0.2) is 42.7 Å². The Labute approximate surface area is 118 Å². The highest BCUT2D eigenvalue weighted by atomic mass is 35.5. The number of aliphatic hydroxyl groups is 3. The van der Waals surface area contributed by atoms with Crippen molar-refractivity contribution in [2.45, 2.75) is 30.3 Å². The number of anilines is 2. The number of nitrogen functional groups attached to an aromatic ring is 1. The van der Waals surface area contributed by atoms with Crippen LogP contribution in [0.4, 0.5) is 17.5 Å². The number of nitrogens with one attached hydrogen (secondary N) is 2. The van der Waals surface area contributed by atoms with Crippen molar-refractivity contribution in [2.75, 3.05) is 11.1 Å². The Morgan fingerprint density at radius 1 is 1.45 bits per heavy atom. The number of hydrogen-bond acceptors (Lipinski definition) is 9. The van der Waals surface area contributed by atoms with Gasteiger partial charge in [-0.25, -0.2) is 5.53 Å². The maximum Gasteiger partial charge on any atom is 0.223 e. The Balaban J connectivity index is 1.98. The molecule has 0 bridgehead atoms. The minimum atomic E-state index is -1.78. The molecule has 0 spiro atoms. The number of rotatable bonds is 3. The Kier molecular flexibility index (Phi) is 2.67. The first kappa shape index (κ1) is 13.4. The Bertz CT molecular complexity index is 601. The molecular weight excluding hydrogens is 288 g/mol. The lowest BCUT2D eigenvalue weighted by Gasteiger charge is -2.32. The summed E-state index contributed by atoms with van der Waals surface area (Å²) in [7, 11) is 0. The second-order valence-corrected chi connectivity index (χ2v) is 5.44. The van der Waals surface area contributed by atoms with Crippen molar-refractivity contribution in [3.63, 3.8) is 0 Å². The van der Waals surface area contributed by atoms with Crippen molar-refractivity contribution >= 4 is 29.1 Å². The zero-order chi connectivity index (χ0) is 14.7. The molecule has 1 heterocycles. The molecule has 2 aliphatic carbocycles. The van der Waals surface area contributed by atoms with Gasteiger partial charge in [0, 0.05) is 5.92 Å². The highest BCUT2D eigenvalue weighted by Gasteiger charge is 2.78. The molecule has 2 saturated carbocycles. The van der Waals surface area contributed by atoms with E-state index >= 15 is 0 Å². The zero-order valence-electron chi connectivity index (χ0n) is 10.2. The normalized spacial score (nSPS) is 38.4. The predicted octanol–water partition coefficient (Wildman–Crippen LogP) is -0.00923. The lowest BCUT2D eigenvalue weighted by Crippen LogP contribution is -2.51. The molecule has 1 aromatic rings. The topological polar surface area (TPSA) is 161 Å². The summed E-state index contributed by atoms with van der Waals surface area (Å²) in [5.74, 6) is -0.606. The number of hydrogen-bond donors (Lipinski definition) is 6. The van der Waals surface area contributed by atoms with E-state index in [0.29, 0.717) is 6.42 Å². The summed E-state index contributed by atoms with van der Waals surface area (Å²) in [6, 6.07) is 0. The summed E-state index contributed by atoms with van der Waals surface area (Å²) in [4.78, 5) is 7.48. The fraction of sp³-hybridized carbons (Fsp3) is 0.600. The van der Waals surface area contributed by atoms with E-state index < -0.39 is 17.4 Å². The van der Waals surface area contributed by atoms with Gasteiger partial charge in [-0.15, -0.1) is 0 Å². The fourth-order valence-corrected chi connectivity index (χ4v) is 3.13. The van der Waals surface area contributed by atoms with Gasteiger partial charge in [0.15, 0.2) is 22.4 Å². The minimum Gasteiger partial charge on any atom is -0.390 e. The minimum absolute atomic E-state index is 0.0619. The van der Waals surface area contributed by atoms with Crippen LogP contribution in [0.25, 0.3) is 0 Å².